The molecule has 0 bridgehead atoms. The Hall–Kier alpha value is -0.790. The standard InChI is InChI=1S/C6H9F3O4S/c1-2-14(12,13)3-4(5(10)11)6(7,8)9/h4H,2-3H2,1H3,(H,10,11). The zero-order chi connectivity index (χ0) is 11.6. The zero-order valence-corrected chi connectivity index (χ0v) is 8.02. The van der Waals surface area contributed by atoms with E-state index in [0.717, 1.165) is 6.92 Å². The Morgan fingerprint density at radius 1 is 1.43 bits per heavy atom. The number of aliphatic carboxylic acids is 1. The van der Waals surface area contributed by atoms with Gasteiger partial charge in [-0.15, -0.1) is 0 Å². The van der Waals surface area contributed by atoms with Crippen LogP contribution in [-0.4, -0.2) is 37.2 Å². The van der Waals surface area contributed by atoms with Crippen LogP contribution in [0.5, 0.6) is 0 Å². The van der Waals surface area contributed by atoms with Crippen LogP contribution in [0.25, 0.3) is 0 Å². The van der Waals surface area contributed by atoms with Crippen LogP contribution in [0.15, 0.2) is 0 Å². The van der Waals surface area contributed by atoms with Gasteiger partial charge in [0.05, 0.1) is 5.75 Å². The molecular weight excluding hydrogens is 225 g/mol. The third-order valence-electron chi connectivity index (χ3n) is 1.55. The molecule has 0 aliphatic rings. The van der Waals surface area contributed by atoms with Gasteiger partial charge < -0.3 is 5.11 Å². The summed E-state index contributed by atoms with van der Waals surface area (Å²) < 4.78 is 57.6. The maximum atomic E-state index is 12.0. The fraction of sp³-hybridized carbons (Fsp3) is 0.833. The second-order valence-corrected chi connectivity index (χ2v) is 5.03. The lowest BCUT2D eigenvalue weighted by Crippen LogP contribution is -2.36. The third kappa shape index (κ3) is 3.95. The summed E-state index contributed by atoms with van der Waals surface area (Å²) in [6, 6.07) is 0. The van der Waals surface area contributed by atoms with E-state index in [0.29, 0.717) is 0 Å². The minimum atomic E-state index is -5.03. The molecule has 1 atom stereocenters. The van der Waals surface area contributed by atoms with Gasteiger partial charge in [0.25, 0.3) is 0 Å². The molecule has 0 fully saturated rings. The molecule has 0 saturated carbocycles. The summed E-state index contributed by atoms with van der Waals surface area (Å²) in [5, 5.41) is 8.18. The zero-order valence-electron chi connectivity index (χ0n) is 7.21. The normalized spacial score (nSPS) is 15.1. The lowest BCUT2D eigenvalue weighted by molar-refractivity contribution is -0.189. The molecule has 0 aromatic rings. The highest BCUT2D eigenvalue weighted by Gasteiger charge is 2.47. The van der Waals surface area contributed by atoms with E-state index < -0.39 is 39.4 Å². The van der Waals surface area contributed by atoms with Crippen LogP contribution in [0.3, 0.4) is 0 Å². The van der Waals surface area contributed by atoms with Crippen molar-refractivity contribution in [1.29, 1.82) is 0 Å². The van der Waals surface area contributed by atoms with E-state index in [9.17, 15) is 26.4 Å². The molecule has 1 unspecified atom stereocenters. The van der Waals surface area contributed by atoms with Gasteiger partial charge in [-0.1, -0.05) is 6.92 Å². The molecule has 0 aliphatic heterocycles. The highest BCUT2D eigenvalue weighted by molar-refractivity contribution is 7.91. The van der Waals surface area contributed by atoms with Gasteiger partial charge in [0.15, 0.2) is 15.8 Å². The van der Waals surface area contributed by atoms with Crippen molar-refractivity contribution in [3.63, 3.8) is 0 Å². The summed E-state index contributed by atoms with van der Waals surface area (Å²) in [6.45, 7) is 1.16. The quantitative estimate of drug-likeness (QED) is 0.776. The summed E-state index contributed by atoms with van der Waals surface area (Å²) in [5.74, 6) is -6.92. The number of rotatable bonds is 4. The van der Waals surface area contributed by atoms with Crippen LogP contribution < -0.4 is 0 Å². The van der Waals surface area contributed by atoms with Gasteiger partial charge in [-0.2, -0.15) is 13.2 Å². The number of hydrogen-bond donors (Lipinski definition) is 1. The van der Waals surface area contributed by atoms with Crippen molar-refractivity contribution in [1.82, 2.24) is 0 Å². The highest BCUT2D eigenvalue weighted by Crippen LogP contribution is 2.27. The SMILES string of the molecule is CCS(=O)(=O)CC(C(=O)O)C(F)(F)F. The summed E-state index contributed by atoms with van der Waals surface area (Å²) in [7, 11) is -3.95. The van der Waals surface area contributed by atoms with Crippen molar-refractivity contribution in [2.24, 2.45) is 5.92 Å². The molecule has 0 aromatic heterocycles. The van der Waals surface area contributed by atoms with Crippen LogP contribution in [0, 0.1) is 5.92 Å². The second-order valence-electron chi connectivity index (χ2n) is 2.63. The number of carboxylic acids is 1. The first kappa shape index (κ1) is 13.2. The van der Waals surface area contributed by atoms with Gasteiger partial charge in [0, 0.05) is 5.75 Å². The van der Waals surface area contributed by atoms with Crippen molar-refractivity contribution >= 4 is 15.8 Å². The molecule has 84 valence electrons. The molecule has 0 saturated heterocycles. The molecule has 0 spiro atoms. The van der Waals surface area contributed by atoms with Crippen molar-refractivity contribution in [3.05, 3.63) is 0 Å². The van der Waals surface area contributed by atoms with Crippen molar-refractivity contribution in [2.45, 2.75) is 13.1 Å². The molecule has 0 heterocycles. The first-order valence-corrected chi connectivity index (χ1v) is 5.42. The first-order valence-electron chi connectivity index (χ1n) is 3.60. The minimum absolute atomic E-state index is 0.507. The Bertz CT molecular complexity index is 306. The summed E-state index contributed by atoms with van der Waals surface area (Å²) in [5.41, 5.74) is 0. The van der Waals surface area contributed by atoms with Gasteiger partial charge in [-0.3, -0.25) is 4.79 Å². The molecule has 1 N–H and O–H groups in total. The fourth-order valence-corrected chi connectivity index (χ4v) is 1.75. The predicted molar refractivity (Wildman–Crippen MR) is 41.5 cm³/mol. The number of hydrogen-bond acceptors (Lipinski definition) is 3. The Kier molecular flexibility index (Phi) is 3.92. The van der Waals surface area contributed by atoms with Crippen LogP contribution in [0.4, 0.5) is 13.2 Å². The van der Waals surface area contributed by atoms with E-state index >= 15 is 0 Å². The predicted octanol–water partition coefficient (Wildman–Crippen LogP) is 0.684. The van der Waals surface area contributed by atoms with Crippen LogP contribution >= 0.6 is 0 Å². The molecule has 0 rings (SSSR count). The largest absolute Gasteiger partial charge is 0.481 e. The maximum Gasteiger partial charge on any atom is 0.403 e. The first-order chi connectivity index (χ1) is 6.10. The van der Waals surface area contributed by atoms with Crippen molar-refractivity contribution in [2.75, 3.05) is 11.5 Å². The van der Waals surface area contributed by atoms with E-state index in [2.05, 4.69) is 0 Å². The van der Waals surface area contributed by atoms with Crippen molar-refractivity contribution in [3.8, 4) is 0 Å². The van der Waals surface area contributed by atoms with Gasteiger partial charge in [-0.05, 0) is 0 Å². The Morgan fingerprint density at radius 2 is 1.86 bits per heavy atom. The molecule has 4 nitrogen and oxygen atoms in total. The third-order valence-corrected chi connectivity index (χ3v) is 3.27. The summed E-state index contributed by atoms with van der Waals surface area (Å²) in [4.78, 5) is 10.2. The maximum absolute atomic E-state index is 12.0. The topological polar surface area (TPSA) is 71.4 Å². The van der Waals surface area contributed by atoms with Gasteiger partial charge in [0.2, 0.25) is 0 Å². The Morgan fingerprint density at radius 3 is 2.07 bits per heavy atom. The average molecular weight is 234 g/mol. The number of sulfone groups is 1. The monoisotopic (exact) mass is 234 g/mol. The number of halogens is 3. The highest BCUT2D eigenvalue weighted by atomic mass is 32.2. The fourth-order valence-electron chi connectivity index (χ4n) is 0.678. The molecular formula is C6H9F3O4S. The van der Waals surface area contributed by atoms with Crippen molar-refractivity contribution < 1.29 is 31.5 Å². The van der Waals surface area contributed by atoms with E-state index in [-0.39, 0.29) is 0 Å². The lowest BCUT2D eigenvalue weighted by Gasteiger charge is -2.15. The Labute approximate surface area is 78.6 Å². The lowest BCUT2D eigenvalue weighted by atomic mass is 10.2. The molecule has 0 aromatic carbocycles. The number of carbonyl (C=O) groups is 1. The number of carboxylic acid groups (broad SMARTS) is 1. The number of alkyl halides is 3. The van der Waals surface area contributed by atoms with E-state index in [1.54, 1.807) is 0 Å². The molecule has 14 heavy (non-hydrogen) atoms. The molecule has 0 radical (unpaired) electrons. The molecule has 0 amide bonds. The Balaban J connectivity index is 4.83. The second kappa shape index (κ2) is 4.16. The molecule has 0 aliphatic carbocycles. The van der Waals surface area contributed by atoms with E-state index in [1.165, 1.54) is 0 Å². The smallest absolute Gasteiger partial charge is 0.403 e. The van der Waals surface area contributed by atoms with Crippen LogP contribution in [0.1, 0.15) is 6.92 Å². The van der Waals surface area contributed by atoms with Gasteiger partial charge in [-0.25, -0.2) is 8.42 Å². The summed E-state index contributed by atoms with van der Waals surface area (Å²) in [6.07, 6.45) is -5.03. The average Bonchev–Trinajstić information content (AvgIpc) is 1.98. The summed E-state index contributed by atoms with van der Waals surface area (Å²) >= 11 is 0. The minimum Gasteiger partial charge on any atom is -0.481 e. The van der Waals surface area contributed by atoms with Gasteiger partial charge >= 0.3 is 12.1 Å². The van der Waals surface area contributed by atoms with Crippen LogP contribution in [-0.2, 0) is 14.6 Å². The van der Waals surface area contributed by atoms with Crippen LogP contribution in [0.2, 0.25) is 0 Å². The van der Waals surface area contributed by atoms with E-state index in [4.69, 9.17) is 5.11 Å². The van der Waals surface area contributed by atoms with Gasteiger partial charge in [0.1, 0.15) is 0 Å². The van der Waals surface area contributed by atoms with E-state index in [1.807, 2.05) is 0 Å². The molecule has 8 heteroatoms.